The lowest BCUT2D eigenvalue weighted by molar-refractivity contribution is -0.195. The standard InChI is InChI=1S/C27H30N2O6/c1-16(30)34-20-6-5-18-14-21-27(32)10-8-19(29(3)22(31)7-4-17-9-13-33-15-17)25-26(27,11-12-28(21)2)23(18)24(20)35-25/h4-7,9,13,15,19,21,25,32H,8,10-12,14H2,1-3H3/b7-4+/t19-,21+,25-,26-,27+/m0/s1. The maximum absolute atomic E-state index is 13.2. The van der Waals surface area contributed by atoms with E-state index < -0.39 is 23.1 Å². The number of furan rings is 1. The fraction of sp³-hybridized carbons (Fsp3) is 0.481. The summed E-state index contributed by atoms with van der Waals surface area (Å²) in [5.74, 6) is 0.370. The highest BCUT2D eigenvalue weighted by Gasteiger charge is 2.73. The van der Waals surface area contributed by atoms with Gasteiger partial charge in [0.15, 0.2) is 11.5 Å². The topological polar surface area (TPSA) is 92.5 Å². The molecule has 1 aromatic heterocycles. The molecule has 0 radical (unpaired) electrons. The number of esters is 1. The second kappa shape index (κ2) is 7.70. The number of benzene rings is 1. The molecular formula is C27H30N2O6. The molecule has 8 heteroatoms. The number of rotatable bonds is 4. The van der Waals surface area contributed by atoms with Crippen molar-refractivity contribution in [3.8, 4) is 11.5 Å². The van der Waals surface area contributed by atoms with E-state index in [2.05, 4.69) is 11.9 Å². The molecule has 35 heavy (non-hydrogen) atoms. The van der Waals surface area contributed by atoms with E-state index in [4.69, 9.17) is 13.9 Å². The molecule has 1 saturated heterocycles. The third-order valence-electron chi connectivity index (χ3n) is 8.74. The summed E-state index contributed by atoms with van der Waals surface area (Å²) in [5, 5.41) is 12.4. The summed E-state index contributed by atoms with van der Waals surface area (Å²) in [6.45, 7) is 2.18. The van der Waals surface area contributed by atoms with Crippen molar-refractivity contribution in [3.05, 3.63) is 53.5 Å². The number of nitrogens with zero attached hydrogens (tertiary/aromatic N) is 2. The lowest BCUT2D eigenvalue weighted by atomic mass is 9.48. The van der Waals surface area contributed by atoms with E-state index in [1.807, 2.05) is 6.07 Å². The molecule has 2 aliphatic heterocycles. The Balaban J connectivity index is 1.43. The molecule has 2 aliphatic carbocycles. The van der Waals surface area contributed by atoms with Crippen LogP contribution in [0.3, 0.4) is 0 Å². The minimum absolute atomic E-state index is 0.0386. The summed E-state index contributed by atoms with van der Waals surface area (Å²) in [6.07, 6.45) is 8.56. The van der Waals surface area contributed by atoms with Crippen LogP contribution in [0.4, 0.5) is 0 Å². The van der Waals surface area contributed by atoms with Crippen molar-refractivity contribution in [1.82, 2.24) is 9.80 Å². The Bertz CT molecular complexity index is 1220. The SMILES string of the molecule is CC(=O)Oc1ccc2c3c1O[C@H]1[C@@H](N(C)C(=O)/C=C/c4ccoc4)CC[C@@]4(O)[C@@H](C2)N(C)CC[C@]314. The zero-order chi connectivity index (χ0) is 24.5. The Morgan fingerprint density at radius 2 is 2.11 bits per heavy atom. The predicted octanol–water partition coefficient (Wildman–Crippen LogP) is 2.53. The van der Waals surface area contributed by atoms with Gasteiger partial charge in [0, 0.05) is 37.2 Å². The Kier molecular flexibility index (Phi) is 4.92. The van der Waals surface area contributed by atoms with Gasteiger partial charge < -0.3 is 28.8 Å². The number of carbonyl (C=O) groups is 2. The Morgan fingerprint density at radius 1 is 1.29 bits per heavy atom. The van der Waals surface area contributed by atoms with Gasteiger partial charge >= 0.3 is 5.97 Å². The first-order chi connectivity index (χ1) is 16.8. The van der Waals surface area contributed by atoms with Gasteiger partial charge in [-0.2, -0.15) is 0 Å². The molecule has 4 aliphatic rings. The Morgan fingerprint density at radius 3 is 2.86 bits per heavy atom. The number of likely N-dealkylation sites (tertiary alicyclic amines) is 1. The summed E-state index contributed by atoms with van der Waals surface area (Å²) in [4.78, 5) is 29.0. The summed E-state index contributed by atoms with van der Waals surface area (Å²) in [5.41, 5.74) is 1.23. The largest absolute Gasteiger partial charge is 0.483 e. The van der Waals surface area contributed by atoms with Gasteiger partial charge in [-0.15, -0.1) is 0 Å². The van der Waals surface area contributed by atoms with Crippen LogP contribution in [0.5, 0.6) is 11.5 Å². The quantitative estimate of drug-likeness (QED) is 0.410. The van der Waals surface area contributed by atoms with Gasteiger partial charge in [0.1, 0.15) is 6.10 Å². The van der Waals surface area contributed by atoms with Gasteiger partial charge in [0.05, 0.1) is 29.6 Å². The van der Waals surface area contributed by atoms with Crippen LogP contribution in [0.2, 0.25) is 0 Å². The van der Waals surface area contributed by atoms with Crippen molar-refractivity contribution in [1.29, 1.82) is 0 Å². The van der Waals surface area contributed by atoms with Crippen LogP contribution < -0.4 is 9.47 Å². The molecule has 5 atom stereocenters. The third kappa shape index (κ3) is 2.99. The van der Waals surface area contributed by atoms with Crippen molar-refractivity contribution in [2.45, 2.75) is 61.8 Å². The first-order valence-corrected chi connectivity index (χ1v) is 12.2. The van der Waals surface area contributed by atoms with Gasteiger partial charge in [0.25, 0.3) is 0 Å². The van der Waals surface area contributed by atoms with E-state index >= 15 is 0 Å². The third-order valence-corrected chi connectivity index (χ3v) is 8.74. The summed E-state index contributed by atoms with van der Waals surface area (Å²) >= 11 is 0. The lowest BCUT2D eigenvalue weighted by Crippen LogP contribution is -2.77. The van der Waals surface area contributed by atoms with E-state index in [1.165, 1.54) is 6.92 Å². The number of amides is 1. The molecule has 0 unspecified atom stereocenters. The number of aliphatic hydroxyl groups is 1. The predicted molar refractivity (Wildman–Crippen MR) is 127 cm³/mol. The number of ether oxygens (including phenoxy) is 2. The fourth-order valence-electron chi connectivity index (χ4n) is 7.17. The second-order valence-electron chi connectivity index (χ2n) is 10.4. The minimum Gasteiger partial charge on any atom is -0.483 e. The molecular weight excluding hydrogens is 448 g/mol. The zero-order valence-corrected chi connectivity index (χ0v) is 20.2. The molecule has 2 aromatic rings. The molecule has 1 saturated carbocycles. The average Bonchev–Trinajstić information content (AvgIpc) is 3.46. The van der Waals surface area contributed by atoms with Gasteiger partial charge in [-0.1, -0.05) is 6.07 Å². The van der Waals surface area contributed by atoms with Gasteiger partial charge in [0.2, 0.25) is 5.91 Å². The van der Waals surface area contributed by atoms with Crippen LogP contribution in [0.15, 0.2) is 41.2 Å². The fourth-order valence-corrected chi connectivity index (χ4v) is 7.17. The van der Waals surface area contributed by atoms with Crippen molar-refractivity contribution >= 4 is 18.0 Å². The van der Waals surface area contributed by atoms with E-state index in [0.29, 0.717) is 37.2 Å². The van der Waals surface area contributed by atoms with Crippen molar-refractivity contribution in [2.75, 3.05) is 20.6 Å². The average molecular weight is 479 g/mol. The first-order valence-electron chi connectivity index (χ1n) is 12.2. The Hall–Kier alpha value is -3.10. The smallest absolute Gasteiger partial charge is 0.308 e. The minimum atomic E-state index is -0.995. The maximum Gasteiger partial charge on any atom is 0.308 e. The molecule has 1 amide bonds. The number of hydrogen-bond acceptors (Lipinski definition) is 7. The van der Waals surface area contributed by atoms with Crippen LogP contribution in [0.1, 0.15) is 42.9 Å². The number of piperidine rings is 1. The molecule has 1 aromatic carbocycles. The van der Waals surface area contributed by atoms with Crippen LogP contribution in [-0.4, -0.2) is 71.2 Å². The molecule has 1 N–H and O–H groups in total. The first kappa shape index (κ1) is 22.4. The summed E-state index contributed by atoms with van der Waals surface area (Å²) in [6, 6.07) is 5.30. The highest BCUT2D eigenvalue weighted by molar-refractivity contribution is 5.92. The van der Waals surface area contributed by atoms with Gasteiger partial charge in [-0.25, -0.2) is 0 Å². The van der Waals surface area contributed by atoms with Crippen LogP contribution >= 0.6 is 0 Å². The van der Waals surface area contributed by atoms with Gasteiger partial charge in [-0.3, -0.25) is 9.59 Å². The molecule has 3 heterocycles. The van der Waals surface area contributed by atoms with Crippen LogP contribution in [-0.2, 0) is 21.4 Å². The Labute approximate surface area is 204 Å². The van der Waals surface area contributed by atoms with E-state index in [0.717, 1.165) is 23.2 Å². The number of likely N-dealkylation sites (N-methyl/N-ethyl adjacent to an activating group) is 2. The monoisotopic (exact) mass is 478 g/mol. The maximum atomic E-state index is 13.2. The van der Waals surface area contributed by atoms with E-state index in [9.17, 15) is 14.7 Å². The molecule has 184 valence electrons. The second-order valence-corrected chi connectivity index (χ2v) is 10.4. The highest BCUT2D eigenvalue weighted by atomic mass is 16.6. The molecule has 2 bridgehead atoms. The summed E-state index contributed by atoms with van der Waals surface area (Å²) in [7, 11) is 3.87. The van der Waals surface area contributed by atoms with Crippen LogP contribution in [0.25, 0.3) is 6.08 Å². The zero-order valence-electron chi connectivity index (χ0n) is 20.2. The molecule has 1 spiro atoms. The van der Waals surface area contributed by atoms with Gasteiger partial charge in [-0.05, 0) is 63.0 Å². The van der Waals surface area contributed by atoms with Crippen molar-refractivity contribution < 1.29 is 28.6 Å². The van der Waals surface area contributed by atoms with Crippen molar-refractivity contribution in [3.63, 3.8) is 0 Å². The van der Waals surface area contributed by atoms with Crippen molar-refractivity contribution in [2.24, 2.45) is 0 Å². The normalized spacial score (nSPS) is 32.7. The lowest BCUT2D eigenvalue weighted by Gasteiger charge is -2.64. The molecule has 2 fully saturated rings. The van der Waals surface area contributed by atoms with E-state index in [-0.39, 0.29) is 18.0 Å². The highest BCUT2D eigenvalue weighted by Crippen LogP contribution is 2.65. The number of hydrogen-bond donors (Lipinski definition) is 1. The number of carbonyl (C=O) groups excluding carboxylic acids is 2. The molecule has 8 nitrogen and oxygen atoms in total. The summed E-state index contributed by atoms with van der Waals surface area (Å²) < 4.78 is 17.3. The molecule has 6 rings (SSSR count). The van der Waals surface area contributed by atoms with Crippen LogP contribution in [0, 0.1) is 0 Å². The van der Waals surface area contributed by atoms with E-state index in [1.54, 1.807) is 48.8 Å².